The van der Waals surface area contributed by atoms with Crippen LogP contribution < -0.4 is 0 Å². The van der Waals surface area contributed by atoms with Gasteiger partial charge in [-0.2, -0.15) is 0 Å². The second kappa shape index (κ2) is 10.2. The van der Waals surface area contributed by atoms with Crippen molar-refractivity contribution in [1.29, 1.82) is 0 Å². The maximum absolute atomic E-state index is 9.94. The predicted molar refractivity (Wildman–Crippen MR) is 50.7 cm³/mol. The van der Waals surface area contributed by atoms with Gasteiger partial charge in [-0.05, 0) is 0 Å². The molecule has 0 unspecified atom stereocenters. The van der Waals surface area contributed by atoms with Crippen molar-refractivity contribution in [2.45, 2.75) is 6.92 Å². The number of rotatable bonds is 1. The molecule has 0 aromatic rings. The molecule has 0 heterocycles. The molecule has 59 valence electrons. The fraction of sp³-hybridized carbons (Fsp3) is 0.500. The topological polar surface area (TPSA) is 43.4 Å². The SMILES string of the molecule is COC(=O)C(C)=O.[I][V][I]. The fourth-order valence-corrected chi connectivity index (χ4v) is 0.144. The Hall–Kier alpha value is 1.18. The number of ether oxygens (including phenoxy) is 1. The summed E-state index contributed by atoms with van der Waals surface area (Å²) in [5.74, 6) is -1.36. The molecule has 0 saturated carbocycles. The zero-order valence-corrected chi connectivity index (χ0v) is 11.1. The summed E-state index contributed by atoms with van der Waals surface area (Å²) in [5.41, 5.74) is 0. The van der Waals surface area contributed by atoms with Crippen LogP contribution in [0.1, 0.15) is 6.92 Å². The van der Waals surface area contributed by atoms with E-state index in [1.165, 1.54) is 7.11 Å². The minimum absolute atomic E-state index is 0.567. The van der Waals surface area contributed by atoms with Crippen molar-refractivity contribution < 1.29 is 23.8 Å². The summed E-state index contributed by atoms with van der Waals surface area (Å²) in [6.07, 6.45) is 0. The molecule has 0 saturated heterocycles. The van der Waals surface area contributed by atoms with E-state index in [1.807, 2.05) is 0 Å². The molecule has 0 atom stereocenters. The number of ketones is 1. The minimum atomic E-state index is -0.792. The van der Waals surface area contributed by atoms with Crippen molar-refractivity contribution in [1.82, 2.24) is 0 Å². The summed E-state index contributed by atoms with van der Waals surface area (Å²) in [6.45, 7) is 1.16. The van der Waals surface area contributed by atoms with Crippen LogP contribution in [0.3, 0.4) is 0 Å². The summed E-state index contributed by atoms with van der Waals surface area (Å²) in [5, 5.41) is 0. The molecule has 0 fully saturated rings. The molecule has 0 aliphatic heterocycles. The Morgan fingerprint density at radius 1 is 1.40 bits per heavy atom. The number of Topliss-reactive ketones (excluding diaryl/α,β-unsaturated/α-hetero) is 1. The number of hydrogen-bond donors (Lipinski definition) is 0. The van der Waals surface area contributed by atoms with E-state index in [4.69, 9.17) is 0 Å². The number of methoxy groups -OCH3 is 1. The Kier molecular flexibility index (Phi) is 14.0. The maximum atomic E-state index is 9.94. The van der Waals surface area contributed by atoms with Gasteiger partial charge in [0.2, 0.25) is 5.78 Å². The van der Waals surface area contributed by atoms with Gasteiger partial charge in [0.15, 0.2) is 0 Å². The summed E-state index contributed by atoms with van der Waals surface area (Å²) in [7, 11) is 1.80. The zero-order chi connectivity index (χ0) is 8.57. The van der Waals surface area contributed by atoms with Crippen LogP contribution in [-0.2, 0) is 23.8 Å². The van der Waals surface area contributed by atoms with Crippen LogP contribution in [-0.4, -0.2) is 18.9 Å². The van der Waals surface area contributed by atoms with E-state index in [-0.39, 0.29) is 0 Å². The van der Waals surface area contributed by atoms with Crippen molar-refractivity contribution in [2.24, 2.45) is 0 Å². The van der Waals surface area contributed by atoms with Crippen LogP contribution in [0.2, 0.25) is 0 Å². The van der Waals surface area contributed by atoms with Crippen LogP contribution in [0.4, 0.5) is 0 Å². The van der Waals surface area contributed by atoms with Crippen LogP contribution in [0.15, 0.2) is 0 Å². The molecule has 0 bridgehead atoms. The van der Waals surface area contributed by atoms with E-state index in [1.54, 1.807) is 0 Å². The summed E-state index contributed by atoms with van der Waals surface area (Å²) >= 11 is 4.74. The van der Waals surface area contributed by atoms with Gasteiger partial charge in [-0.3, -0.25) is 4.79 Å². The quantitative estimate of drug-likeness (QED) is 0.377. The molecule has 0 radical (unpaired) electrons. The molecule has 3 nitrogen and oxygen atoms in total. The first kappa shape index (κ1) is 13.8. The average molecular weight is 407 g/mol. The van der Waals surface area contributed by atoms with Gasteiger partial charge in [-0.15, -0.1) is 0 Å². The van der Waals surface area contributed by atoms with E-state index in [9.17, 15) is 9.59 Å². The second-order valence-corrected chi connectivity index (χ2v) is 12.9. The van der Waals surface area contributed by atoms with Crippen molar-refractivity contribution >= 4 is 51.7 Å². The first-order valence-electron chi connectivity index (χ1n) is 2.11. The van der Waals surface area contributed by atoms with Gasteiger partial charge in [-0.25, -0.2) is 4.79 Å². The monoisotopic (exact) mass is 407 g/mol. The molecule has 6 heteroatoms. The van der Waals surface area contributed by atoms with Crippen LogP contribution in [0.5, 0.6) is 0 Å². The van der Waals surface area contributed by atoms with E-state index < -0.39 is 11.8 Å². The van der Waals surface area contributed by atoms with Crippen molar-refractivity contribution in [3.05, 3.63) is 0 Å². The van der Waals surface area contributed by atoms with Crippen LogP contribution >= 0.6 is 40.0 Å². The Morgan fingerprint density at radius 3 is 1.70 bits per heavy atom. The molecular weight excluding hydrogens is 401 g/mol. The Morgan fingerprint density at radius 2 is 1.70 bits per heavy atom. The molecule has 10 heavy (non-hydrogen) atoms. The summed E-state index contributed by atoms with van der Waals surface area (Å²) in [4.78, 5) is 19.8. The van der Waals surface area contributed by atoms with Crippen LogP contribution in [0, 0.1) is 0 Å². The fourth-order valence-electron chi connectivity index (χ4n) is 0.144. The van der Waals surface area contributed by atoms with Crippen molar-refractivity contribution in [3.8, 4) is 0 Å². The molecular formula is C4H6I2O3V. The normalized spacial score (nSPS) is 6.80. The Labute approximate surface area is 88.5 Å². The molecule has 0 N–H and O–H groups in total. The van der Waals surface area contributed by atoms with Gasteiger partial charge in [0.05, 0.1) is 7.11 Å². The van der Waals surface area contributed by atoms with E-state index in [2.05, 4.69) is 44.7 Å². The molecule has 0 spiro atoms. The van der Waals surface area contributed by atoms with Gasteiger partial charge >= 0.3 is 55.4 Å². The van der Waals surface area contributed by atoms with Gasteiger partial charge in [0.1, 0.15) is 0 Å². The number of esters is 1. The third kappa shape index (κ3) is 11.9. The van der Waals surface area contributed by atoms with E-state index >= 15 is 0 Å². The number of carbonyl (C=O) groups is 2. The third-order valence-electron chi connectivity index (χ3n) is 0.473. The van der Waals surface area contributed by atoms with Gasteiger partial charge < -0.3 is 4.74 Å². The summed E-state index contributed by atoms with van der Waals surface area (Å²) in [6, 6.07) is 0. The molecule has 0 aliphatic carbocycles. The molecule has 0 aromatic heterocycles. The number of carbonyl (C=O) groups excluding carboxylic acids is 2. The Bertz CT molecular complexity index is 117. The molecule has 0 aromatic carbocycles. The van der Waals surface area contributed by atoms with E-state index in [0.717, 1.165) is 6.92 Å². The summed E-state index contributed by atoms with van der Waals surface area (Å²) < 4.78 is 4.02. The molecule has 0 aliphatic rings. The van der Waals surface area contributed by atoms with Crippen LogP contribution in [0.25, 0.3) is 0 Å². The van der Waals surface area contributed by atoms with E-state index in [0.29, 0.717) is 9.47 Å². The predicted octanol–water partition coefficient (Wildman–Crippen LogP) is 1.52. The first-order valence-corrected chi connectivity index (χ1v) is 11.1. The van der Waals surface area contributed by atoms with Gasteiger partial charge in [0.25, 0.3) is 0 Å². The number of hydrogen-bond acceptors (Lipinski definition) is 3. The second-order valence-electron chi connectivity index (χ2n) is 1.11. The van der Waals surface area contributed by atoms with Crippen molar-refractivity contribution in [3.63, 3.8) is 0 Å². The first-order chi connectivity index (χ1) is 4.59. The molecule has 0 rings (SSSR count). The third-order valence-corrected chi connectivity index (χ3v) is 0.473. The molecule has 0 amide bonds. The standard InChI is InChI=1S/C4H6O3.2HI.V/c1-3(5)4(6)7-2;;;/h1-2H3;2*1H;/q;;;+2/p-2. The van der Waals surface area contributed by atoms with Crippen molar-refractivity contribution in [2.75, 3.05) is 7.11 Å². The Balaban J connectivity index is 0. The average Bonchev–Trinajstić information content (AvgIpc) is 1.88. The zero-order valence-electron chi connectivity index (χ0n) is 5.43. The number of halogens is 2. The van der Waals surface area contributed by atoms with Gasteiger partial charge in [-0.1, -0.05) is 0 Å². The van der Waals surface area contributed by atoms with Gasteiger partial charge in [0, 0.05) is 6.92 Å².